The van der Waals surface area contributed by atoms with Crippen LogP contribution in [0.5, 0.6) is 11.5 Å². The van der Waals surface area contributed by atoms with E-state index in [0.717, 1.165) is 48.7 Å². The Balaban J connectivity index is 2.07. The molecule has 0 aliphatic heterocycles. The highest BCUT2D eigenvalue weighted by atomic mass is 16.5. The van der Waals surface area contributed by atoms with Gasteiger partial charge in [-0.1, -0.05) is 121 Å². The number of aryl methyl sites for hydroxylation is 1. The molecule has 0 amide bonds. The fraction of sp³-hybridized carbons (Fsp3) is 0.529. The van der Waals surface area contributed by atoms with Crippen molar-refractivity contribution in [1.29, 1.82) is 0 Å². The van der Waals surface area contributed by atoms with Crippen molar-refractivity contribution in [2.45, 2.75) is 105 Å². The Hall–Kier alpha value is -2.48. The van der Waals surface area contributed by atoms with E-state index in [1.54, 1.807) is 0 Å². The molecule has 2 aromatic carbocycles. The molecule has 2 aromatic rings. The SMILES string of the molecule is C/C=C\c1cccc(/C=C\c2cc(OCCCCCCCC)c(C)cc2OCCCCCCCC)c1. The van der Waals surface area contributed by atoms with E-state index < -0.39 is 0 Å². The molecule has 0 heterocycles. The van der Waals surface area contributed by atoms with Gasteiger partial charge in [0.2, 0.25) is 0 Å². The Labute approximate surface area is 221 Å². The molecule has 0 bridgehead atoms. The maximum Gasteiger partial charge on any atom is 0.127 e. The number of ether oxygens (including phenoxy) is 2. The smallest absolute Gasteiger partial charge is 0.127 e. The Morgan fingerprint density at radius 2 is 1.17 bits per heavy atom. The topological polar surface area (TPSA) is 18.5 Å². The molecule has 2 heteroatoms. The lowest BCUT2D eigenvalue weighted by Crippen LogP contribution is -2.02. The van der Waals surface area contributed by atoms with E-state index in [4.69, 9.17) is 9.47 Å². The largest absolute Gasteiger partial charge is 0.493 e. The molecule has 0 spiro atoms. The third-order valence-corrected chi connectivity index (χ3v) is 6.54. The Morgan fingerprint density at radius 3 is 1.78 bits per heavy atom. The highest BCUT2D eigenvalue weighted by molar-refractivity contribution is 5.74. The van der Waals surface area contributed by atoms with Crippen molar-refractivity contribution < 1.29 is 9.47 Å². The number of unbranched alkanes of at least 4 members (excludes halogenated alkanes) is 10. The van der Waals surface area contributed by atoms with Gasteiger partial charge in [-0.3, -0.25) is 0 Å². The second kappa shape index (κ2) is 18.7. The molecule has 0 atom stereocenters. The quantitative estimate of drug-likeness (QED) is 0.144. The van der Waals surface area contributed by atoms with Gasteiger partial charge in [0.15, 0.2) is 0 Å². The Morgan fingerprint density at radius 1 is 0.611 bits per heavy atom. The monoisotopic (exact) mass is 490 g/mol. The second-order valence-corrected chi connectivity index (χ2v) is 9.89. The summed E-state index contributed by atoms with van der Waals surface area (Å²) >= 11 is 0. The molecule has 2 rings (SSSR count). The van der Waals surface area contributed by atoms with Crippen molar-refractivity contribution in [2.24, 2.45) is 0 Å². The van der Waals surface area contributed by atoms with Crippen molar-refractivity contribution >= 4 is 18.2 Å². The maximum absolute atomic E-state index is 6.29. The molecule has 0 radical (unpaired) electrons. The van der Waals surface area contributed by atoms with E-state index >= 15 is 0 Å². The lowest BCUT2D eigenvalue weighted by molar-refractivity contribution is 0.294. The summed E-state index contributed by atoms with van der Waals surface area (Å²) in [5.41, 5.74) is 4.63. The van der Waals surface area contributed by atoms with Crippen LogP contribution in [0.4, 0.5) is 0 Å². The zero-order valence-corrected chi connectivity index (χ0v) is 23.5. The molecular formula is C34H50O2. The van der Waals surface area contributed by atoms with Crippen molar-refractivity contribution in [3.05, 3.63) is 64.7 Å². The minimum absolute atomic E-state index is 0.765. The van der Waals surface area contributed by atoms with E-state index in [1.165, 1.54) is 75.3 Å². The first-order chi connectivity index (χ1) is 17.7. The molecule has 0 aromatic heterocycles. The predicted molar refractivity (Wildman–Crippen MR) is 159 cm³/mol. The Kier molecular flexibility index (Phi) is 15.5. The van der Waals surface area contributed by atoms with Crippen LogP contribution < -0.4 is 9.47 Å². The van der Waals surface area contributed by atoms with Crippen LogP contribution in [0.1, 0.15) is 120 Å². The zero-order valence-electron chi connectivity index (χ0n) is 23.5. The first kappa shape index (κ1) is 29.7. The van der Waals surface area contributed by atoms with Crippen molar-refractivity contribution in [2.75, 3.05) is 13.2 Å². The standard InChI is InChI=1S/C34H50O2/c1-5-8-10-12-14-16-24-35-33-28-32(23-22-31-21-18-20-30(27-31)19-7-3)34(26-29(33)4)36-25-17-15-13-11-9-6-2/h7,18-23,26-28H,5-6,8-17,24-25H2,1-4H3/b19-7-,23-22-. The molecular weight excluding hydrogens is 440 g/mol. The van der Waals surface area contributed by atoms with Gasteiger partial charge in [-0.15, -0.1) is 0 Å². The number of hydrogen-bond acceptors (Lipinski definition) is 2. The van der Waals surface area contributed by atoms with Crippen molar-refractivity contribution in [3.63, 3.8) is 0 Å². The maximum atomic E-state index is 6.29. The van der Waals surface area contributed by atoms with Crippen LogP contribution in [0.3, 0.4) is 0 Å². The fourth-order valence-corrected chi connectivity index (χ4v) is 4.36. The lowest BCUT2D eigenvalue weighted by atomic mass is 10.1. The van der Waals surface area contributed by atoms with Crippen molar-refractivity contribution in [3.8, 4) is 11.5 Å². The van der Waals surface area contributed by atoms with E-state index in [0.29, 0.717) is 0 Å². The van der Waals surface area contributed by atoms with Crippen LogP contribution in [-0.2, 0) is 0 Å². The second-order valence-electron chi connectivity index (χ2n) is 9.89. The summed E-state index contributed by atoms with van der Waals surface area (Å²) in [5, 5.41) is 0. The van der Waals surface area contributed by atoms with E-state index in [-0.39, 0.29) is 0 Å². The van der Waals surface area contributed by atoms with Gasteiger partial charge in [0, 0.05) is 5.56 Å². The molecule has 0 aliphatic rings. The van der Waals surface area contributed by atoms with Gasteiger partial charge in [0.25, 0.3) is 0 Å². The molecule has 36 heavy (non-hydrogen) atoms. The van der Waals surface area contributed by atoms with Gasteiger partial charge in [-0.05, 0) is 61.6 Å². The minimum Gasteiger partial charge on any atom is -0.493 e. The number of hydrogen-bond donors (Lipinski definition) is 0. The normalized spacial score (nSPS) is 11.6. The first-order valence-electron chi connectivity index (χ1n) is 14.5. The van der Waals surface area contributed by atoms with Crippen LogP contribution in [0.15, 0.2) is 42.5 Å². The van der Waals surface area contributed by atoms with Crippen LogP contribution in [-0.4, -0.2) is 13.2 Å². The molecule has 0 saturated carbocycles. The summed E-state index contributed by atoms with van der Waals surface area (Å²) in [4.78, 5) is 0. The average Bonchev–Trinajstić information content (AvgIpc) is 2.88. The third-order valence-electron chi connectivity index (χ3n) is 6.54. The Bertz CT molecular complexity index is 909. The third kappa shape index (κ3) is 12.0. The van der Waals surface area contributed by atoms with Crippen LogP contribution in [0.2, 0.25) is 0 Å². The van der Waals surface area contributed by atoms with Crippen molar-refractivity contribution in [1.82, 2.24) is 0 Å². The van der Waals surface area contributed by atoms with E-state index in [2.05, 4.69) is 88.4 Å². The van der Waals surface area contributed by atoms with Gasteiger partial charge in [-0.25, -0.2) is 0 Å². The number of benzene rings is 2. The first-order valence-corrected chi connectivity index (χ1v) is 14.5. The predicted octanol–water partition coefficient (Wildman–Crippen LogP) is 10.7. The molecule has 2 nitrogen and oxygen atoms in total. The molecule has 0 saturated heterocycles. The molecule has 0 fully saturated rings. The molecule has 0 aliphatic carbocycles. The van der Waals surface area contributed by atoms with Gasteiger partial charge >= 0.3 is 0 Å². The van der Waals surface area contributed by atoms with Crippen LogP contribution >= 0.6 is 0 Å². The fourth-order valence-electron chi connectivity index (χ4n) is 4.36. The minimum atomic E-state index is 0.765. The number of rotatable bonds is 19. The van der Waals surface area contributed by atoms with Gasteiger partial charge < -0.3 is 9.47 Å². The number of allylic oxidation sites excluding steroid dienone is 1. The van der Waals surface area contributed by atoms with Gasteiger partial charge in [0.05, 0.1) is 13.2 Å². The van der Waals surface area contributed by atoms with Crippen LogP contribution in [0.25, 0.3) is 18.2 Å². The molecule has 198 valence electrons. The van der Waals surface area contributed by atoms with E-state index in [1.807, 2.05) is 0 Å². The van der Waals surface area contributed by atoms with Crippen LogP contribution in [0, 0.1) is 6.92 Å². The average molecular weight is 491 g/mol. The summed E-state index contributed by atoms with van der Waals surface area (Å²) < 4.78 is 12.5. The summed E-state index contributed by atoms with van der Waals surface area (Å²) in [5.74, 6) is 1.92. The summed E-state index contributed by atoms with van der Waals surface area (Å²) in [6.45, 7) is 10.2. The summed E-state index contributed by atoms with van der Waals surface area (Å²) in [6, 6.07) is 12.9. The highest BCUT2D eigenvalue weighted by Crippen LogP contribution is 2.31. The summed E-state index contributed by atoms with van der Waals surface area (Å²) in [6.07, 6.45) is 23.8. The van der Waals surface area contributed by atoms with Gasteiger partial charge in [0.1, 0.15) is 11.5 Å². The highest BCUT2D eigenvalue weighted by Gasteiger charge is 2.09. The molecule has 0 unspecified atom stereocenters. The van der Waals surface area contributed by atoms with Gasteiger partial charge in [-0.2, -0.15) is 0 Å². The summed E-state index contributed by atoms with van der Waals surface area (Å²) in [7, 11) is 0. The molecule has 0 N–H and O–H groups in total. The lowest BCUT2D eigenvalue weighted by Gasteiger charge is -2.15. The zero-order chi connectivity index (χ0) is 25.8. The van der Waals surface area contributed by atoms with E-state index in [9.17, 15) is 0 Å².